The summed E-state index contributed by atoms with van der Waals surface area (Å²) in [5.74, 6) is 0. The van der Waals surface area contributed by atoms with Crippen LogP contribution in [0.5, 0.6) is 0 Å². The lowest BCUT2D eigenvalue weighted by molar-refractivity contribution is 0.425. The SMILES string of the molecule is OB(O)c1cc(Cl)ccc1-n1cccn1. The Kier molecular flexibility index (Phi) is 2.77. The Morgan fingerprint density at radius 2 is 2.13 bits per heavy atom. The number of hydrogen-bond acceptors (Lipinski definition) is 3. The standard InChI is InChI=1S/C9H8BClN2O2/c11-7-2-3-9(8(6-7)10(14)15)13-5-1-4-12-13/h1-6,14-15H. The summed E-state index contributed by atoms with van der Waals surface area (Å²) in [6, 6.07) is 6.61. The molecule has 0 unspecified atom stereocenters. The molecule has 0 fully saturated rings. The van der Waals surface area contributed by atoms with Crippen molar-refractivity contribution >= 4 is 24.2 Å². The zero-order valence-corrected chi connectivity index (χ0v) is 8.46. The molecule has 0 aliphatic rings. The van der Waals surface area contributed by atoms with E-state index < -0.39 is 7.12 Å². The molecule has 2 rings (SSSR count). The fraction of sp³-hybridized carbons (Fsp3) is 0. The smallest absolute Gasteiger partial charge is 0.423 e. The average molecular weight is 222 g/mol. The maximum atomic E-state index is 9.18. The number of hydrogen-bond donors (Lipinski definition) is 2. The van der Waals surface area contributed by atoms with E-state index in [-0.39, 0.29) is 0 Å². The van der Waals surface area contributed by atoms with Crippen LogP contribution in [0.2, 0.25) is 5.02 Å². The Balaban J connectivity index is 2.56. The molecule has 1 heterocycles. The molecule has 0 amide bonds. The first-order chi connectivity index (χ1) is 7.18. The Labute approximate surface area is 91.9 Å². The molecule has 15 heavy (non-hydrogen) atoms. The van der Waals surface area contributed by atoms with Crippen molar-refractivity contribution in [2.75, 3.05) is 0 Å². The summed E-state index contributed by atoms with van der Waals surface area (Å²) in [6.45, 7) is 0. The van der Waals surface area contributed by atoms with Crippen LogP contribution in [0, 0.1) is 0 Å². The van der Waals surface area contributed by atoms with E-state index in [0.29, 0.717) is 16.2 Å². The summed E-state index contributed by atoms with van der Waals surface area (Å²) in [5, 5.41) is 22.8. The molecule has 0 aliphatic heterocycles. The van der Waals surface area contributed by atoms with Gasteiger partial charge in [-0.1, -0.05) is 11.6 Å². The summed E-state index contributed by atoms with van der Waals surface area (Å²) in [6.07, 6.45) is 3.33. The van der Waals surface area contributed by atoms with Crippen molar-refractivity contribution in [1.82, 2.24) is 9.78 Å². The number of aromatic nitrogens is 2. The van der Waals surface area contributed by atoms with Gasteiger partial charge in [0.05, 0.1) is 5.69 Å². The number of rotatable bonds is 2. The predicted octanol–water partition coefficient (Wildman–Crippen LogP) is 0.205. The molecular weight excluding hydrogens is 214 g/mol. The summed E-state index contributed by atoms with van der Waals surface area (Å²) < 4.78 is 1.55. The Morgan fingerprint density at radius 3 is 2.73 bits per heavy atom. The maximum Gasteiger partial charge on any atom is 0.490 e. The van der Waals surface area contributed by atoms with Crippen LogP contribution in [0.25, 0.3) is 5.69 Å². The minimum absolute atomic E-state index is 0.325. The topological polar surface area (TPSA) is 58.3 Å². The quantitative estimate of drug-likeness (QED) is 0.714. The third-order valence-electron chi connectivity index (χ3n) is 2.02. The minimum Gasteiger partial charge on any atom is -0.423 e. The molecule has 0 saturated heterocycles. The average Bonchev–Trinajstić information content (AvgIpc) is 2.70. The summed E-state index contributed by atoms with van der Waals surface area (Å²) in [5.41, 5.74) is 0.922. The molecule has 0 bridgehead atoms. The van der Waals surface area contributed by atoms with Gasteiger partial charge in [0.2, 0.25) is 0 Å². The highest BCUT2D eigenvalue weighted by Crippen LogP contribution is 2.11. The molecule has 1 aromatic carbocycles. The Hall–Kier alpha value is -1.30. The molecular formula is C9H8BClN2O2. The third-order valence-corrected chi connectivity index (χ3v) is 2.25. The molecule has 0 radical (unpaired) electrons. The minimum atomic E-state index is -1.57. The van der Waals surface area contributed by atoms with E-state index in [4.69, 9.17) is 11.6 Å². The van der Waals surface area contributed by atoms with Crippen LogP contribution >= 0.6 is 11.6 Å². The second-order valence-corrected chi connectivity index (χ2v) is 3.46. The van der Waals surface area contributed by atoms with E-state index in [0.717, 1.165) is 0 Å². The van der Waals surface area contributed by atoms with Crippen molar-refractivity contribution in [2.45, 2.75) is 0 Å². The van der Waals surface area contributed by atoms with E-state index in [1.54, 1.807) is 35.3 Å². The van der Waals surface area contributed by atoms with Crippen LogP contribution in [0.15, 0.2) is 36.7 Å². The van der Waals surface area contributed by atoms with Gasteiger partial charge >= 0.3 is 7.12 Å². The highest BCUT2D eigenvalue weighted by molar-refractivity contribution is 6.60. The van der Waals surface area contributed by atoms with Crippen LogP contribution in [0.3, 0.4) is 0 Å². The van der Waals surface area contributed by atoms with Crippen molar-refractivity contribution in [3.8, 4) is 5.69 Å². The molecule has 4 nitrogen and oxygen atoms in total. The summed E-state index contributed by atoms with van der Waals surface area (Å²) in [4.78, 5) is 0. The Morgan fingerprint density at radius 1 is 1.33 bits per heavy atom. The molecule has 2 aromatic rings. The molecule has 0 saturated carbocycles. The van der Waals surface area contributed by atoms with Crippen molar-refractivity contribution in [3.05, 3.63) is 41.7 Å². The van der Waals surface area contributed by atoms with E-state index in [1.165, 1.54) is 6.07 Å². The fourth-order valence-electron chi connectivity index (χ4n) is 1.35. The van der Waals surface area contributed by atoms with Gasteiger partial charge in [-0.3, -0.25) is 0 Å². The zero-order valence-electron chi connectivity index (χ0n) is 7.71. The highest BCUT2D eigenvalue weighted by atomic mass is 35.5. The van der Waals surface area contributed by atoms with E-state index >= 15 is 0 Å². The molecule has 0 atom stereocenters. The number of halogens is 1. The van der Waals surface area contributed by atoms with Crippen LogP contribution in [0.4, 0.5) is 0 Å². The first-order valence-corrected chi connectivity index (χ1v) is 4.72. The van der Waals surface area contributed by atoms with Crippen LogP contribution in [0.1, 0.15) is 0 Å². The predicted molar refractivity (Wildman–Crippen MR) is 58.4 cm³/mol. The largest absolute Gasteiger partial charge is 0.490 e. The number of nitrogens with zero attached hydrogens (tertiary/aromatic N) is 2. The van der Waals surface area contributed by atoms with Gasteiger partial charge in [0.15, 0.2) is 0 Å². The highest BCUT2D eigenvalue weighted by Gasteiger charge is 2.17. The van der Waals surface area contributed by atoms with Crippen molar-refractivity contribution in [1.29, 1.82) is 0 Å². The van der Waals surface area contributed by atoms with Gasteiger partial charge in [0, 0.05) is 22.9 Å². The maximum absolute atomic E-state index is 9.18. The van der Waals surface area contributed by atoms with Gasteiger partial charge in [-0.15, -0.1) is 0 Å². The van der Waals surface area contributed by atoms with Crippen molar-refractivity contribution < 1.29 is 10.0 Å². The van der Waals surface area contributed by atoms with Gasteiger partial charge in [0.25, 0.3) is 0 Å². The lowest BCUT2D eigenvalue weighted by atomic mass is 9.79. The molecule has 76 valence electrons. The van der Waals surface area contributed by atoms with Crippen molar-refractivity contribution in [3.63, 3.8) is 0 Å². The van der Waals surface area contributed by atoms with Crippen LogP contribution in [-0.2, 0) is 0 Å². The second-order valence-electron chi connectivity index (χ2n) is 3.03. The van der Waals surface area contributed by atoms with E-state index in [9.17, 15) is 10.0 Å². The second kappa shape index (κ2) is 4.06. The third kappa shape index (κ3) is 2.04. The molecule has 0 aliphatic carbocycles. The lowest BCUT2D eigenvalue weighted by Crippen LogP contribution is -2.33. The molecule has 6 heteroatoms. The summed E-state index contributed by atoms with van der Waals surface area (Å²) in [7, 11) is -1.57. The Bertz CT molecular complexity index is 459. The van der Waals surface area contributed by atoms with Gasteiger partial charge in [-0.2, -0.15) is 5.10 Å². The van der Waals surface area contributed by atoms with Crippen LogP contribution in [-0.4, -0.2) is 26.9 Å². The molecule has 0 spiro atoms. The zero-order chi connectivity index (χ0) is 10.8. The van der Waals surface area contributed by atoms with Crippen molar-refractivity contribution in [2.24, 2.45) is 0 Å². The van der Waals surface area contributed by atoms with Gasteiger partial charge in [-0.25, -0.2) is 4.68 Å². The van der Waals surface area contributed by atoms with E-state index in [2.05, 4.69) is 5.10 Å². The monoisotopic (exact) mass is 222 g/mol. The first-order valence-electron chi connectivity index (χ1n) is 4.34. The van der Waals surface area contributed by atoms with E-state index in [1.807, 2.05) is 0 Å². The fourth-order valence-corrected chi connectivity index (χ4v) is 1.53. The van der Waals surface area contributed by atoms with Gasteiger partial charge in [0.1, 0.15) is 0 Å². The van der Waals surface area contributed by atoms with Crippen LogP contribution < -0.4 is 5.46 Å². The molecule has 1 aromatic heterocycles. The lowest BCUT2D eigenvalue weighted by Gasteiger charge is -2.08. The normalized spacial score (nSPS) is 10.3. The number of benzene rings is 1. The van der Waals surface area contributed by atoms with Gasteiger partial charge < -0.3 is 10.0 Å². The summed E-state index contributed by atoms with van der Waals surface area (Å²) >= 11 is 5.77. The molecule has 2 N–H and O–H groups in total. The first kappa shape index (κ1) is 10.2. The van der Waals surface area contributed by atoms with Gasteiger partial charge in [-0.05, 0) is 24.3 Å².